The summed E-state index contributed by atoms with van der Waals surface area (Å²) in [6.45, 7) is 5.76. The summed E-state index contributed by atoms with van der Waals surface area (Å²) in [5.74, 6) is 0.736. The minimum Gasteiger partial charge on any atom is -0.385 e. The molecule has 1 fully saturated rings. The predicted octanol–water partition coefficient (Wildman–Crippen LogP) is 5.22. The van der Waals surface area contributed by atoms with Crippen LogP contribution < -0.4 is 5.32 Å². The summed E-state index contributed by atoms with van der Waals surface area (Å²) >= 11 is 1.69. The minimum absolute atomic E-state index is 0. The molecule has 2 aliphatic heterocycles. The van der Waals surface area contributed by atoms with Crippen molar-refractivity contribution in [3.05, 3.63) is 40.5 Å². The Balaban J connectivity index is 0.00000160. The van der Waals surface area contributed by atoms with Crippen LogP contribution in [0.1, 0.15) is 23.3 Å². The SMILES string of the molecule is COCCCC1CN(C2=Nc3ccc(F)cc3Nc3sc(C)cc32)CCN1C.Cl.Cl. The summed E-state index contributed by atoms with van der Waals surface area (Å²) < 4.78 is 19.0. The number of hydrogen-bond donors (Lipinski definition) is 1. The lowest BCUT2D eigenvalue weighted by Crippen LogP contribution is -2.53. The molecule has 4 rings (SSSR count). The van der Waals surface area contributed by atoms with Crippen molar-refractivity contribution in [3.63, 3.8) is 0 Å². The molecule has 0 spiro atoms. The number of ether oxygens (including phenoxy) is 1. The summed E-state index contributed by atoms with van der Waals surface area (Å²) in [4.78, 5) is 11.0. The molecule has 0 bridgehead atoms. The molecule has 0 aliphatic carbocycles. The molecular weight excluding hydrogens is 446 g/mol. The van der Waals surface area contributed by atoms with Crippen molar-refractivity contribution in [1.29, 1.82) is 0 Å². The molecule has 1 aromatic carbocycles. The molecule has 1 unspecified atom stereocenters. The first-order valence-electron chi connectivity index (χ1n) is 9.75. The van der Waals surface area contributed by atoms with Crippen LogP contribution in [0.2, 0.25) is 0 Å². The number of piperazine rings is 1. The van der Waals surface area contributed by atoms with Crippen molar-refractivity contribution in [2.45, 2.75) is 25.8 Å². The van der Waals surface area contributed by atoms with E-state index in [1.165, 1.54) is 17.0 Å². The van der Waals surface area contributed by atoms with Gasteiger partial charge >= 0.3 is 0 Å². The van der Waals surface area contributed by atoms with E-state index >= 15 is 0 Å². The van der Waals surface area contributed by atoms with Gasteiger partial charge in [0.05, 0.1) is 16.9 Å². The molecule has 2 aliphatic rings. The van der Waals surface area contributed by atoms with Crippen LogP contribution in [-0.2, 0) is 4.74 Å². The highest BCUT2D eigenvalue weighted by Crippen LogP contribution is 2.39. The van der Waals surface area contributed by atoms with Crippen molar-refractivity contribution in [2.24, 2.45) is 4.99 Å². The monoisotopic (exact) mass is 474 g/mol. The van der Waals surface area contributed by atoms with E-state index in [0.717, 1.165) is 66.9 Å². The molecule has 30 heavy (non-hydrogen) atoms. The Morgan fingerprint density at radius 1 is 1.27 bits per heavy atom. The van der Waals surface area contributed by atoms with E-state index in [1.807, 2.05) is 0 Å². The van der Waals surface area contributed by atoms with E-state index in [-0.39, 0.29) is 30.6 Å². The standard InChI is InChI=1S/C21H27FN4OS.2ClH/c1-14-11-17-20(26-9-8-25(2)16(13-26)5-4-10-27-3)23-18-7-6-15(22)12-19(18)24-21(17)28-14;;/h6-7,11-12,16,24H,4-5,8-10,13H2,1-3H3;2*1H. The largest absolute Gasteiger partial charge is 0.385 e. The number of benzene rings is 1. The van der Waals surface area contributed by atoms with Gasteiger partial charge in [-0.05, 0) is 51.1 Å². The summed E-state index contributed by atoms with van der Waals surface area (Å²) in [5, 5.41) is 4.44. The zero-order chi connectivity index (χ0) is 19.7. The molecule has 166 valence electrons. The molecule has 1 aromatic heterocycles. The van der Waals surface area contributed by atoms with Crippen molar-refractivity contribution in [3.8, 4) is 0 Å². The molecule has 5 nitrogen and oxygen atoms in total. The number of methoxy groups -OCH3 is 1. The highest BCUT2D eigenvalue weighted by Gasteiger charge is 2.29. The number of thiophene rings is 1. The van der Waals surface area contributed by atoms with Crippen molar-refractivity contribution < 1.29 is 9.13 Å². The summed E-state index contributed by atoms with van der Waals surface area (Å²) in [7, 11) is 3.95. The Bertz CT molecular complexity index is 892. The smallest absolute Gasteiger partial charge is 0.139 e. The van der Waals surface area contributed by atoms with Crippen LogP contribution in [-0.4, -0.2) is 62.1 Å². The first-order valence-corrected chi connectivity index (χ1v) is 10.6. The van der Waals surface area contributed by atoms with Gasteiger partial charge in [-0.1, -0.05) is 0 Å². The first-order chi connectivity index (χ1) is 13.5. The number of nitrogens with zero attached hydrogens (tertiary/aromatic N) is 3. The zero-order valence-corrected chi connectivity index (χ0v) is 19.9. The van der Waals surface area contributed by atoms with Crippen molar-refractivity contribution in [2.75, 3.05) is 45.7 Å². The number of likely N-dealkylation sites (N-methyl/N-ethyl adjacent to an activating group) is 1. The van der Waals surface area contributed by atoms with Gasteiger partial charge in [0.25, 0.3) is 0 Å². The lowest BCUT2D eigenvalue weighted by atomic mass is 10.1. The molecule has 0 radical (unpaired) electrons. The van der Waals surface area contributed by atoms with Gasteiger partial charge in [0.15, 0.2) is 0 Å². The summed E-state index contributed by atoms with van der Waals surface area (Å²) in [6.07, 6.45) is 2.15. The number of aryl methyl sites for hydroxylation is 1. The highest BCUT2D eigenvalue weighted by atomic mass is 35.5. The summed E-state index contributed by atoms with van der Waals surface area (Å²) in [5.41, 5.74) is 2.62. The number of fused-ring (bicyclic) bond motifs is 2. The van der Waals surface area contributed by atoms with Gasteiger partial charge in [0.2, 0.25) is 0 Å². The topological polar surface area (TPSA) is 40.1 Å². The average Bonchev–Trinajstić information content (AvgIpc) is 2.96. The maximum absolute atomic E-state index is 13.8. The second-order valence-electron chi connectivity index (χ2n) is 7.54. The number of rotatable bonds is 4. The van der Waals surface area contributed by atoms with Crippen LogP contribution in [0.15, 0.2) is 29.3 Å². The van der Waals surface area contributed by atoms with Crippen LogP contribution in [0.25, 0.3) is 0 Å². The van der Waals surface area contributed by atoms with E-state index < -0.39 is 0 Å². The van der Waals surface area contributed by atoms with Crippen LogP contribution in [0, 0.1) is 12.7 Å². The van der Waals surface area contributed by atoms with Crippen molar-refractivity contribution >= 4 is 58.4 Å². The maximum atomic E-state index is 13.8. The molecule has 1 N–H and O–H groups in total. The molecule has 1 atom stereocenters. The number of halogens is 3. The lowest BCUT2D eigenvalue weighted by molar-refractivity contribution is 0.119. The number of nitrogens with one attached hydrogen (secondary N) is 1. The van der Waals surface area contributed by atoms with Crippen LogP contribution in [0.4, 0.5) is 20.8 Å². The van der Waals surface area contributed by atoms with E-state index in [1.54, 1.807) is 24.5 Å². The van der Waals surface area contributed by atoms with Gasteiger partial charge in [-0.3, -0.25) is 4.90 Å². The normalized spacial score (nSPS) is 18.2. The molecule has 3 heterocycles. The molecular formula is C21H29Cl2FN4OS. The number of aliphatic imine (C=N–C) groups is 1. The third-order valence-electron chi connectivity index (χ3n) is 5.49. The van der Waals surface area contributed by atoms with Gasteiger partial charge in [0, 0.05) is 44.3 Å². The average molecular weight is 475 g/mol. The van der Waals surface area contributed by atoms with E-state index in [2.05, 4.69) is 35.2 Å². The third-order valence-corrected chi connectivity index (χ3v) is 6.46. The number of amidine groups is 1. The van der Waals surface area contributed by atoms with Gasteiger partial charge in [-0.25, -0.2) is 9.38 Å². The fourth-order valence-corrected chi connectivity index (χ4v) is 4.85. The number of anilines is 2. The molecule has 1 saturated heterocycles. The summed E-state index contributed by atoms with van der Waals surface area (Å²) in [6, 6.07) is 7.42. The maximum Gasteiger partial charge on any atom is 0.139 e. The Labute approximate surface area is 194 Å². The second kappa shape index (κ2) is 10.8. The Kier molecular flexibility index (Phi) is 8.94. The second-order valence-corrected chi connectivity index (χ2v) is 8.79. The molecule has 0 amide bonds. The molecule has 2 aromatic rings. The van der Waals surface area contributed by atoms with Gasteiger partial charge < -0.3 is 15.0 Å². The third kappa shape index (κ3) is 5.26. The van der Waals surface area contributed by atoms with Crippen LogP contribution in [0.3, 0.4) is 0 Å². The number of hydrogen-bond acceptors (Lipinski definition) is 6. The van der Waals surface area contributed by atoms with E-state index in [0.29, 0.717) is 6.04 Å². The van der Waals surface area contributed by atoms with E-state index in [9.17, 15) is 4.39 Å². The zero-order valence-electron chi connectivity index (χ0n) is 17.5. The van der Waals surface area contributed by atoms with Crippen LogP contribution in [0.5, 0.6) is 0 Å². The molecule has 9 heteroatoms. The van der Waals surface area contributed by atoms with Crippen molar-refractivity contribution in [1.82, 2.24) is 9.80 Å². The van der Waals surface area contributed by atoms with Crippen LogP contribution >= 0.6 is 36.2 Å². The van der Waals surface area contributed by atoms with Gasteiger partial charge in [-0.15, -0.1) is 36.2 Å². The highest BCUT2D eigenvalue weighted by molar-refractivity contribution is 7.16. The first kappa shape index (κ1) is 24.9. The van der Waals surface area contributed by atoms with Gasteiger partial charge in [-0.2, -0.15) is 0 Å². The predicted molar refractivity (Wildman–Crippen MR) is 129 cm³/mol. The fourth-order valence-electron chi connectivity index (χ4n) is 3.93. The Hall–Kier alpha value is -1.38. The van der Waals surface area contributed by atoms with Gasteiger partial charge in [0.1, 0.15) is 16.7 Å². The Morgan fingerprint density at radius 2 is 2.07 bits per heavy atom. The molecule has 0 saturated carbocycles. The minimum atomic E-state index is -0.252. The quantitative estimate of drug-likeness (QED) is 0.616. The fraction of sp³-hybridized carbons (Fsp3) is 0.476. The lowest BCUT2D eigenvalue weighted by Gasteiger charge is -2.41. The van der Waals surface area contributed by atoms with E-state index in [4.69, 9.17) is 9.73 Å². The Morgan fingerprint density at radius 3 is 2.83 bits per heavy atom.